The molecule has 1 aliphatic heterocycles. The van der Waals surface area contributed by atoms with E-state index in [0.717, 1.165) is 19.6 Å². The predicted octanol–water partition coefficient (Wildman–Crippen LogP) is 4.97. The van der Waals surface area contributed by atoms with Gasteiger partial charge in [0.05, 0.1) is 12.1 Å². The zero-order valence-corrected chi connectivity index (χ0v) is 16.3. The molecular weight excluding hydrogens is 330 g/mol. The van der Waals surface area contributed by atoms with E-state index in [1.165, 1.54) is 35.7 Å². The van der Waals surface area contributed by atoms with Crippen LogP contribution in [0.4, 0.5) is 0 Å². The molecule has 0 saturated carbocycles. The van der Waals surface area contributed by atoms with Crippen LogP contribution in [0.1, 0.15) is 62.9 Å². The van der Waals surface area contributed by atoms with Gasteiger partial charge in [-0.1, -0.05) is 26.8 Å². The molecule has 2 heterocycles. The van der Waals surface area contributed by atoms with E-state index < -0.39 is 0 Å². The molecule has 0 bridgehead atoms. The summed E-state index contributed by atoms with van der Waals surface area (Å²) < 4.78 is 2.57. The lowest BCUT2D eigenvalue weighted by Crippen LogP contribution is -2.40. The first kappa shape index (κ1) is 18.3. The van der Waals surface area contributed by atoms with Crippen molar-refractivity contribution < 1.29 is 0 Å². The molecule has 1 unspecified atom stereocenters. The number of benzene rings is 1. The molecule has 0 N–H and O–H groups in total. The van der Waals surface area contributed by atoms with Crippen LogP contribution in [0.25, 0.3) is 10.9 Å². The summed E-state index contributed by atoms with van der Waals surface area (Å²) in [5, 5.41) is 10.4. The van der Waals surface area contributed by atoms with Gasteiger partial charge in [-0.2, -0.15) is 5.26 Å². The van der Waals surface area contributed by atoms with Gasteiger partial charge in [0.1, 0.15) is 0 Å². The molecular formula is C21H28ClN3. The van der Waals surface area contributed by atoms with Gasteiger partial charge >= 0.3 is 0 Å². The molecule has 2 aromatic rings. The molecule has 0 fully saturated rings. The minimum atomic E-state index is 0. The largest absolute Gasteiger partial charge is 0.342 e. The molecule has 0 saturated heterocycles. The van der Waals surface area contributed by atoms with Crippen molar-refractivity contribution in [3.05, 3.63) is 35.0 Å². The standard InChI is InChI=1S/C21H27N3.ClH/c1-21(2,3)15-8-9-18-17(14-15)16-6-4-7-19-20(16)24(18)13-12-23(19)11-5-10-22;/h8-9,14,19H,4-7,11-13H2,1-3H3;1H. The van der Waals surface area contributed by atoms with E-state index in [2.05, 4.69) is 54.5 Å². The quantitative estimate of drug-likeness (QED) is 0.760. The summed E-state index contributed by atoms with van der Waals surface area (Å²) in [6.07, 6.45) is 4.34. The smallest absolute Gasteiger partial charge is 0.0635 e. The fourth-order valence-electron chi connectivity index (χ4n) is 4.60. The lowest BCUT2D eigenvalue weighted by Gasteiger charge is -2.39. The Morgan fingerprint density at radius 3 is 2.76 bits per heavy atom. The van der Waals surface area contributed by atoms with Crippen molar-refractivity contribution in [2.45, 2.75) is 64.5 Å². The molecule has 3 nitrogen and oxygen atoms in total. The Balaban J connectivity index is 0.00000182. The van der Waals surface area contributed by atoms with Gasteiger partial charge in [0.25, 0.3) is 0 Å². The molecule has 0 amide bonds. The summed E-state index contributed by atoms with van der Waals surface area (Å²) in [5.74, 6) is 0. The van der Waals surface area contributed by atoms with Gasteiger partial charge in [0.2, 0.25) is 0 Å². The third kappa shape index (κ3) is 2.96. The topological polar surface area (TPSA) is 32.0 Å². The molecule has 2 aliphatic rings. The molecule has 0 spiro atoms. The zero-order chi connectivity index (χ0) is 16.9. The lowest BCUT2D eigenvalue weighted by molar-refractivity contribution is 0.144. The fourth-order valence-corrected chi connectivity index (χ4v) is 4.60. The maximum Gasteiger partial charge on any atom is 0.0635 e. The third-order valence-electron chi connectivity index (χ3n) is 5.86. The van der Waals surface area contributed by atoms with E-state index in [-0.39, 0.29) is 17.8 Å². The monoisotopic (exact) mass is 357 g/mol. The zero-order valence-electron chi connectivity index (χ0n) is 15.5. The molecule has 4 heteroatoms. The van der Waals surface area contributed by atoms with E-state index in [4.69, 9.17) is 5.26 Å². The highest BCUT2D eigenvalue weighted by molar-refractivity contribution is 5.87. The fraction of sp³-hybridized carbons (Fsp3) is 0.571. The van der Waals surface area contributed by atoms with Crippen LogP contribution in [0.15, 0.2) is 18.2 Å². The number of nitrogens with zero attached hydrogens (tertiary/aromatic N) is 3. The van der Waals surface area contributed by atoms with Crippen LogP contribution in [0, 0.1) is 11.3 Å². The molecule has 0 radical (unpaired) electrons. The summed E-state index contributed by atoms with van der Waals surface area (Å²) in [6, 6.07) is 9.93. The van der Waals surface area contributed by atoms with Gasteiger partial charge < -0.3 is 4.57 Å². The number of rotatable bonds is 2. The summed E-state index contributed by atoms with van der Waals surface area (Å²) in [5.41, 5.74) is 6.16. The SMILES string of the molecule is CC(C)(C)c1ccc2c(c1)c1c3n2CCN(CCC#N)C3CCC1.Cl. The number of hydrogen-bond donors (Lipinski definition) is 0. The number of aryl methyl sites for hydroxylation is 1. The van der Waals surface area contributed by atoms with Crippen LogP contribution in [0.5, 0.6) is 0 Å². The van der Waals surface area contributed by atoms with Crippen LogP contribution in [0.3, 0.4) is 0 Å². The Hall–Kier alpha value is -1.50. The van der Waals surface area contributed by atoms with Crippen molar-refractivity contribution in [2.24, 2.45) is 0 Å². The maximum atomic E-state index is 8.96. The van der Waals surface area contributed by atoms with Crippen molar-refractivity contribution in [2.75, 3.05) is 13.1 Å². The number of hydrogen-bond acceptors (Lipinski definition) is 2. The van der Waals surface area contributed by atoms with E-state index >= 15 is 0 Å². The van der Waals surface area contributed by atoms with Crippen molar-refractivity contribution in [1.82, 2.24) is 9.47 Å². The number of halogens is 1. The van der Waals surface area contributed by atoms with Crippen LogP contribution >= 0.6 is 12.4 Å². The normalized spacial score (nSPS) is 20.0. The van der Waals surface area contributed by atoms with Crippen molar-refractivity contribution in [1.29, 1.82) is 5.26 Å². The van der Waals surface area contributed by atoms with E-state index in [9.17, 15) is 0 Å². The molecule has 1 aromatic carbocycles. The van der Waals surface area contributed by atoms with Crippen molar-refractivity contribution in [3.63, 3.8) is 0 Å². The Morgan fingerprint density at radius 2 is 2.04 bits per heavy atom. The first-order chi connectivity index (χ1) is 11.5. The second kappa shape index (κ2) is 6.67. The summed E-state index contributed by atoms with van der Waals surface area (Å²) >= 11 is 0. The highest BCUT2D eigenvalue weighted by Gasteiger charge is 2.34. The number of aromatic nitrogens is 1. The molecule has 134 valence electrons. The molecule has 1 aromatic heterocycles. The second-order valence-electron chi connectivity index (χ2n) is 8.35. The van der Waals surface area contributed by atoms with Gasteiger partial charge in [-0.05, 0) is 47.9 Å². The van der Waals surface area contributed by atoms with Crippen molar-refractivity contribution >= 4 is 23.3 Å². The summed E-state index contributed by atoms with van der Waals surface area (Å²) in [7, 11) is 0. The van der Waals surface area contributed by atoms with Gasteiger partial charge in [0.15, 0.2) is 0 Å². The van der Waals surface area contributed by atoms with E-state index in [0.29, 0.717) is 12.5 Å². The minimum Gasteiger partial charge on any atom is -0.342 e. The molecule has 1 atom stereocenters. The Kier molecular flexibility index (Phi) is 4.88. The van der Waals surface area contributed by atoms with Gasteiger partial charge in [-0.15, -0.1) is 12.4 Å². The summed E-state index contributed by atoms with van der Waals surface area (Å²) in [4.78, 5) is 2.55. The maximum absolute atomic E-state index is 8.96. The molecule has 25 heavy (non-hydrogen) atoms. The van der Waals surface area contributed by atoms with Gasteiger partial charge in [-0.3, -0.25) is 4.90 Å². The third-order valence-corrected chi connectivity index (χ3v) is 5.86. The van der Waals surface area contributed by atoms with Crippen molar-refractivity contribution in [3.8, 4) is 6.07 Å². The minimum absolute atomic E-state index is 0. The highest BCUT2D eigenvalue weighted by Crippen LogP contribution is 2.43. The molecule has 4 rings (SSSR count). The second-order valence-corrected chi connectivity index (χ2v) is 8.35. The van der Waals surface area contributed by atoms with Gasteiger partial charge in [0, 0.05) is 42.7 Å². The summed E-state index contributed by atoms with van der Waals surface area (Å²) in [6.45, 7) is 9.92. The average molecular weight is 358 g/mol. The van der Waals surface area contributed by atoms with Crippen LogP contribution in [0.2, 0.25) is 0 Å². The predicted molar refractivity (Wildman–Crippen MR) is 105 cm³/mol. The molecule has 1 aliphatic carbocycles. The highest BCUT2D eigenvalue weighted by atomic mass is 35.5. The lowest BCUT2D eigenvalue weighted by atomic mass is 9.85. The average Bonchev–Trinajstić information content (AvgIpc) is 2.89. The van der Waals surface area contributed by atoms with Gasteiger partial charge in [-0.25, -0.2) is 0 Å². The van der Waals surface area contributed by atoms with E-state index in [1.54, 1.807) is 11.3 Å². The van der Waals surface area contributed by atoms with E-state index in [1.807, 2.05) is 0 Å². The first-order valence-corrected chi connectivity index (χ1v) is 9.27. The Labute approximate surface area is 157 Å². The Bertz CT molecular complexity index is 822. The number of nitriles is 1. The van der Waals surface area contributed by atoms with Crippen LogP contribution < -0.4 is 0 Å². The van der Waals surface area contributed by atoms with Crippen LogP contribution in [-0.2, 0) is 18.4 Å². The first-order valence-electron chi connectivity index (χ1n) is 9.27. The number of fused-ring (bicyclic) bond motifs is 3. The van der Waals surface area contributed by atoms with Crippen LogP contribution in [-0.4, -0.2) is 22.6 Å². The Morgan fingerprint density at radius 1 is 1.24 bits per heavy atom.